The number of rotatable bonds is 9. The average molecular weight is 545 g/mol. The van der Waals surface area contributed by atoms with Crippen molar-refractivity contribution in [2.75, 3.05) is 19.4 Å². The molecule has 2 rings (SSSR count). The van der Waals surface area contributed by atoms with E-state index in [-0.39, 0.29) is 29.7 Å². The first-order valence-electron chi connectivity index (χ1n) is 9.80. The first kappa shape index (κ1) is 26.2. The zero-order chi connectivity index (χ0) is 21.3. The van der Waals surface area contributed by atoms with Gasteiger partial charge < -0.3 is 15.4 Å². The van der Waals surface area contributed by atoms with Crippen molar-refractivity contribution in [1.82, 2.24) is 10.6 Å². The molecule has 6 nitrogen and oxygen atoms in total. The molecule has 0 fully saturated rings. The summed E-state index contributed by atoms with van der Waals surface area (Å²) in [6.07, 6.45) is 1.24. The minimum atomic E-state index is -3.03. The third kappa shape index (κ3) is 9.34. The van der Waals surface area contributed by atoms with Gasteiger partial charge in [0.2, 0.25) is 0 Å². The van der Waals surface area contributed by atoms with Crippen molar-refractivity contribution in [3.8, 4) is 5.75 Å². The summed E-state index contributed by atoms with van der Waals surface area (Å²) in [5, 5.41) is 6.59. The Morgan fingerprint density at radius 1 is 1.03 bits per heavy atom. The summed E-state index contributed by atoms with van der Waals surface area (Å²) in [7, 11) is -3.03. The fraction of sp³-hybridized carbons (Fsp3) is 0.409. The van der Waals surface area contributed by atoms with Crippen LogP contribution in [0.2, 0.25) is 0 Å². The molecule has 0 aliphatic rings. The van der Waals surface area contributed by atoms with Gasteiger partial charge in [0.05, 0.1) is 18.9 Å². The van der Waals surface area contributed by atoms with E-state index < -0.39 is 9.84 Å². The summed E-state index contributed by atoms with van der Waals surface area (Å²) in [6.45, 7) is 8.54. The number of benzene rings is 2. The van der Waals surface area contributed by atoms with Crippen LogP contribution in [0, 0.1) is 6.92 Å². The molecule has 0 aliphatic carbocycles. The highest BCUT2D eigenvalue weighted by Crippen LogP contribution is 2.20. The highest BCUT2D eigenvalue weighted by atomic mass is 127. The molecule has 8 heteroatoms. The summed E-state index contributed by atoms with van der Waals surface area (Å²) >= 11 is 0. The molecule has 0 radical (unpaired) electrons. The minimum Gasteiger partial charge on any atom is -0.494 e. The molecule has 0 aliphatic heterocycles. The Morgan fingerprint density at radius 3 is 2.30 bits per heavy atom. The van der Waals surface area contributed by atoms with Crippen molar-refractivity contribution in [2.45, 2.75) is 39.6 Å². The predicted octanol–water partition coefficient (Wildman–Crippen LogP) is 3.81. The van der Waals surface area contributed by atoms with Crippen molar-refractivity contribution < 1.29 is 13.2 Å². The second-order valence-corrected chi connectivity index (χ2v) is 9.12. The van der Waals surface area contributed by atoms with Gasteiger partial charge in [-0.1, -0.05) is 36.4 Å². The van der Waals surface area contributed by atoms with Gasteiger partial charge in [0.25, 0.3) is 0 Å². The van der Waals surface area contributed by atoms with Crippen LogP contribution in [0.5, 0.6) is 5.75 Å². The lowest BCUT2D eigenvalue weighted by Gasteiger charge is -2.15. The van der Waals surface area contributed by atoms with Crippen LogP contribution in [0.3, 0.4) is 0 Å². The van der Waals surface area contributed by atoms with Crippen molar-refractivity contribution in [3.05, 3.63) is 64.7 Å². The molecular formula is C22H32IN3O3S. The maximum absolute atomic E-state index is 11.4. The zero-order valence-corrected chi connectivity index (χ0v) is 21.2. The van der Waals surface area contributed by atoms with Crippen LogP contribution < -0.4 is 15.4 Å². The summed E-state index contributed by atoms with van der Waals surface area (Å²) in [4.78, 5) is 4.63. The van der Waals surface area contributed by atoms with E-state index in [1.54, 1.807) is 0 Å². The molecule has 0 saturated carbocycles. The third-order valence-electron chi connectivity index (χ3n) is 4.18. The number of sulfone groups is 1. The number of hydrogen-bond acceptors (Lipinski definition) is 4. The Kier molecular flexibility index (Phi) is 11.2. The molecule has 2 aromatic carbocycles. The van der Waals surface area contributed by atoms with Crippen molar-refractivity contribution in [3.63, 3.8) is 0 Å². The molecule has 2 N–H and O–H groups in total. The minimum absolute atomic E-state index is 0. The van der Waals surface area contributed by atoms with E-state index >= 15 is 0 Å². The van der Waals surface area contributed by atoms with Gasteiger partial charge in [-0.25, -0.2) is 13.4 Å². The number of halogens is 1. The number of ether oxygens (including phenoxy) is 1. The molecule has 0 unspecified atom stereocenters. The highest BCUT2D eigenvalue weighted by molar-refractivity contribution is 14.0. The average Bonchev–Trinajstić information content (AvgIpc) is 2.65. The lowest BCUT2D eigenvalue weighted by molar-refractivity contribution is 0.336. The maximum atomic E-state index is 11.4. The van der Waals surface area contributed by atoms with Crippen molar-refractivity contribution in [2.24, 2.45) is 4.99 Å². The predicted molar refractivity (Wildman–Crippen MR) is 134 cm³/mol. The quantitative estimate of drug-likeness (QED) is 0.285. The smallest absolute Gasteiger partial charge is 0.191 e. The van der Waals surface area contributed by atoms with E-state index in [2.05, 4.69) is 27.8 Å². The Balaban J connectivity index is 0.00000450. The third-order valence-corrected chi connectivity index (χ3v) is 5.04. The van der Waals surface area contributed by atoms with E-state index in [4.69, 9.17) is 4.74 Å². The fourth-order valence-electron chi connectivity index (χ4n) is 2.83. The van der Waals surface area contributed by atoms with Gasteiger partial charge in [-0.15, -0.1) is 24.0 Å². The molecular weight excluding hydrogens is 513 g/mol. The molecule has 0 spiro atoms. The van der Waals surface area contributed by atoms with Gasteiger partial charge in [0, 0.05) is 24.9 Å². The van der Waals surface area contributed by atoms with Crippen LogP contribution >= 0.6 is 24.0 Å². The molecule has 0 bridgehead atoms. The van der Waals surface area contributed by atoms with Gasteiger partial charge in [-0.2, -0.15) is 0 Å². The van der Waals surface area contributed by atoms with Gasteiger partial charge in [-0.3, -0.25) is 0 Å². The topological polar surface area (TPSA) is 79.8 Å². The summed E-state index contributed by atoms with van der Waals surface area (Å²) in [6, 6.07) is 13.7. The number of guanidine groups is 1. The molecule has 2 aromatic rings. The van der Waals surface area contributed by atoms with Crippen LogP contribution in [0.25, 0.3) is 0 Å². The largest absolute Gasteiger partial charge is 0.494 e. The fourth-order valence-corrected chi connectivity index (χ4v) is 3.63. The molecule has 0 saturated heterocycles. The molecule has 0 atom stereocenters. The molecule has 0 amide bonds. The second-order valence-electron chi connectivity index (χ2n) is 6.98. The molecule has 0 aromatic heterocycles. The van der Waals surface area contributed by atoms with E-state index in [1.807, 2.05) is 51.1 Å². The number of aliphatic imine (C=N–C) groups is 1. The summed E-state index contributed by atoms with van der Waals surface area (Å²) in [5.74, 6) is 1.66. The van der Waals surface area contributed by atoms with Crippen LogP contribution in [0.15, 0.2) is 47.5 Å². The van der Waals surface area contributed by atoms with Crippen molar-refractivity contribution >= 4 is 39.8 Å². The van der Waals surface area contributed by atoms with Crippen LogP contribution in [0.1, 0.15) is 36.1 Å². The normalized spacial score (nSPS) is 11.5. The first-order chi connectivity index (χ1) is 13.8. The van der Waals surface area contributed by atoms with Crippen molar-refractivity contribution in [1.29, 1.82) is 0 Å². The van der Waals surface area contributed by atoms with Gasteiger partial charge >= 0.3 is 0 Å². The van der Waals surface area contributed by atoms with Gasteiger partial charge in [-0.05, 0) is 43.5 Å². The van der Waals surface area contributed by atoms with Crippen LogP contribution in [-0.4, -0.2) is 33.8 Å². The Hall–Kier alpha value is -1.81. The maximum Gasteiger partial charge on any atom is 0.191 e. The number of nitrogens with one attached hydrogen (secondary N) is 2. The lowest BCUT2D eigenvalue weighted by atomic mass is 10.1. The number of hydrogen-bond donors (Lipinski definition) is 2. The van der Waals surface area contributed by atoms with Gasteiger partial charge in [0.1, 0.15) is 5.75 Å². The molecule has 0 heterocycles. The SMILES string of the molecule is CCNC(=NCc1ccc(CS(C)(=O)=O)cc1)NCc1ccc(C)cc1OCC.I. The number of nitrogens with zero attached hydrogens (tertiary/aromatic N) is 1. The Morgan fingerprint density at radius 2 is 1.70 bits per heavy atom. The highest BCUT2D eigenvalue weighted by Gasteiger charge is 2.06. The number of aryl methyl sites for hydroxylation is 1. The van der Waals surface area contributed by atoms with Crippen LogP contribution in [-0.2, 0) is 28.7 Å². The zero-order valence-electron chi connectivity index (χ0n) is 18.1. The lowest BCUT2D eigenvalue weighted by Crippen LogP contribution is -2.36. The van der Waals surface area contributed by atoms with Crippen LogP contribution in [0.4, 0.5) is 0 Å². The second kappa shape index (κ2) is 12.8. The summed E-state index contributed by atoms with van der Waals surface area (Å²) < 4.78 is 28.5. The summed E-state index contributed by atoms with van der Waals surface area (Å²) in [5.41, 5.74) is 4.04. The van der Waals surface area contributed by atoms with E-state index in [9.17, 15) is 8.42 Å². The Labute approximate surface area is 197 Å². The van der Waals surface area contributed by atoms with E-state index in [0.717, 1.165) is 40.5 Å². The standard InChI is InChI=1S/C22H31N3O3S.HI/c1-5-23-22(25-15-20-12-7-17(3)13-21(20)28-6-2)24-14-18-8-10-19(11-9-18)16-29(4,26)27;/h7-13H,5-6,14-16H2,1-4H3,(H2,23,24,25);1H. The van der Waals surface area contributed by atoms with Gasteiger partial charge in [0.15, 0.2) is 15.8 Å². The molecule has 166 valence electrons. The van der Waals surface area contributed by atoms with E-state index in [0.29, 0.717) is 19.7 Å². The molecule has 30 heavy (non-hydrogen) atoms. The first-order valence-corrected chi connectivity index (χ1v) is 11.9. The monoisotopic (exact) mass is 545 g/mol. The Bertz CT molecular complexity index is 929. The van der Waals surface area contributed by atoms with E-state index in [1.165, 1.54) is 6.26 Å².